The summed E-state index contributed by atoms with van der Waals surface area (Å²) in [5.41, 5.74) is -0.409. The van der Waals surface area contributed by atoms with E-state index in [2.05, 4.69) is 5.32 Å². The van der Waals surface area contributed by atoms with Gasteiger partial charge in [0.1, 0.15) is 5.54 Å². The van der Waals surface area contributed by atoms with Crippen LogP contribution in [0.1, 0.15) is 55.3 Å². The number of Topliss-reactive ketones (excluding diaryl/α,β-unsaturated/α-hetero) is 1. The summed E-state index contributed by atoms with van der Waals surface area (Å²) in [5.74, 6) is -0.548. The van der Waals surface area contributed by atoms with Crippen molar-refractivity contribution in [1.29, 1.82) is 0 Å². The molecule has 1 aromatic rings. The monoisotopic (exact) mass is 348 g/mol. The molecule has 128 valence electrons. The van der Waals surface area contributed by atoms with E-state index in [-0.39, 0.29) is 18.2 Å². The van der Waals surface area contributed by atoms with E-state index in [0.717, 1.165) is 30.6 Å². The molecule has 0 atom stereocenters. The van der Waals surface area contributed by atoms with Crippen LogP contribution in [0.25, 0.3) is 0 Å². The van der Waals surface area contributed by atoms with Gasteiger partial charge in [0.25, 0.3) is 5.91 Å². The molecular weight excluding hydrogens is 328 g/mol. The smallest absolute Gasteiger partial charge is 0.323 e. The fourth-order valence-electron chi connectivity index (χ4n) is 3.56. The normalized spacial score (nSPS) is 20.6. The van der Waals surface area contributed by atoms with Crippen LogP contribution in [0.5, 0.6) is 0 Å². The summed E-state index contributed by atoms with van der Waals surface area (Å²) in [5, 5.41) is 3.32. The third kappa shape index (κ3) is 3.31. The van der Waals surface area contributed by atoms with Gasteiger partial charge in [-0.2, -0.15) is 0 Å². The van der Waals surface area contributed by atoms with Gasteiger partial charge in [0.2, 0.25) is 0 Å². The number of hydrogen-bond acceptors (Lipinski definition) is 3. The highest BCUT2D eigenvalue weighted by atomic mass is 35.5. The number of halogens is 1. The highest BCUT2D eigenvalue weighted by Crippen LogP contribution is 2.32. The summed E-state index contributed by atoms with van der Waals surface area (Å²) in [6, 6.07) is 6.08. The molecule has 2 aliphatic rings. The highest BCUT2D eigenvalue weighted by molar-refractivity contribution is 6.31. The first kappa shape index (κ1) is 17.0. The van der Waals surface area contributed by atoms with Crippen LogP contribution in [0.3, 0.4) is 0 Å². The van der Waals surface area contributed by atoms with Crippen LogP contribution in [0.4, 0.5) is 4.79 Å². The van der Waals surface area contributed by atoms with Crippen molar-refractivity contribution >= 4 is 29.3 Å². The maximum atomic E-state index is 12.9. The number of rotatable bonds is 3. The lowest BCUT2D eigenvalue weighted by Crippen LogP contribution is -2.47. The molecule has 1 N–H and O–H groups in total. The molecule has 0 unspecified atom stereocenters. The number of urea groups is 1. The highest BCUT2D eigenvalue weighted by Gasteiger charge is 2.50. The lowest BCUT2D eigenvalue weighted by Gasteiger charge is -2.28. The molecule has 0 aromatic heterocycles. The Morgan fingerprint density at radius 1 is 1.12 bits per heavy atom. The predicted molar refractivity (Wildman–Crippen MR) is 91.1 cm³/mol. The maximum Gasteiger partial charge on any atom is 0.325 e. The van der Waals surface area contributed by atoms with Crippen LogP contribution in [0.2, 0.25) is 5.02 Å². The average Bonchev–Trinajstić information content (AvgIpc) is 2.76. The second kappa shape index (κ2) is 6.93. The van der Waals surface area contributed by atoms with E-state index >= 15 is 0 Å². The molecule has 1 aliphatic carbocycles. The Balaban J connectivity index is 1.75. The fraction of sp³-hybridized carbons (Fsp3) is 0.500. The van der Waals surface area contributed by atoms with Crippen LogP contribution >= 0.6 is 11.6 Å². The van der Waals surface area contributed by atoms with Gasteiger partial charge < -0.3 is 5.32 Å². The summed E-state index contributed by atoms with van der Waals surface area (Å²) in [6.07, 6.45) is 6.47. The molecule has 6 heteroatoms. The van der Waals surface area contributed by atoms with Crippen molar-refractivity contribution in [3.63, 3.8) is 0 Å². The van der Waals surface area contributed by atoms with Crippen molar-refractivity contribution in [3.8, 4) is 0 Å². The molecule has 1 saturated heterocycles. The maximum absolute atomic E-state index is 12.9. The van der Waals surface area contributed by atoms with E-state index in [4.69, 9.17) is 11.6 Å². The number of ketones is 1. The molecule has 1 saturated carbocycles. The first-order valence-electron chi connectivity index (χ1n) is 8.45. The molecule has 0 bridgehead atoms. The van der Waals surface area contributed by atoms with Gasteiger partial charge in [0.05, 0.1) is 6.54 Å². The standard InChI is InChI=1S/C18H21ClN2O3/c19-14-8-6-7-13(11-14)15(22)12-21-16(23)18(20-17(21)24)9-4-2-1-3-5-10-18/h6-8,11H,1-5,9-10,12H2,(H,20,24). The largest absolute Gasteiger partial charge is 0.325 e. The molecule has 0 radical (unpaired) electrons. The topological polar surface area (TPSA) is 66.5 Å². The Morgan fingerprint density at radius 3 is 2.46 bits per heavy atom. The lowest BCUT2D eigenvalue weighted by molar-refractivity contribution is -0.131. The number of hydrogen-bond donors (Lipinski definition) is 1. The number of benzene rings is 1. The minimum Gasteiger partial charge on any atom is -0.323 e. The zero-order valence-corrected chi connectivity index (χ0v) is 14.3. The quantitative estimate of drug-likeness (QED) is 0.671. The van der Waals surface area contributed by atoms with E-state index in [1.165, 1.54) is 6.42 Å². The number of nitrogens with zero attached hydrogens (tertiary/aromatic N) is 1. The van der Waals surface area contributed by atoms with E-state index < -0.39 is 11.6 Å². The molecule has 1 heterocycles. The van der Waals surface area contributed by atoms with Crippen molar-refractivity contribution in [2.45, 2.75) is 50.5 Å². The van der Waals surface area contributed by atoms with E-state index in [1.54, 1.807) is 24.3 Å². The molecule has 24 heavy (non-hydrogen) atoms. The van der Waals surface area contributed by atoms with Crippen LogP contribution < -0.4 is 5.32 Å². The summed E-state index contributed by atoms with van der Waals surface area (Å²) in [4.78, 5) is 38.6. The summed E-state index contributed by atoms with van der Waals surface area (Å²) in [7, 11) is 0. The third-order valence-electron chi connectivity index (χ3n) is 4.90. The van der Waals surface area contributed by atoms with Gasteiger partial charge in [-0.3, -0.25) is 14.5 Å². The molecule has 1 spiro atoms. The lowest BCUT2D eigenvalue weighted by atomic mass is 9.84. The zero-order valence-electron chi connectivity index (χ0n) is 13.5. The second-order valence-corrected chi connectivity index (χ2v) is 7.04. The van der Waals surface area contributed by atoms with Gasteiger partial charge >= 0.3 is 6.03 Å². The first-order valence-corrected chi connectivity index (χ1v) is 8.82. The number of imide groups is 1. The van der Waals surface area contributed by atoms with Gasteiger partial charge in [0, 0.05) is 10.6 Å². The van der Waals surface area contributed by atoms with Gasteiger partial charge in [-0.05, 0) is 25.0 Å². The Morgan fingerprint density at radius 2 is 1.79 bits per heavy atom. The van der Waals surface area contributed by atoms with E-state index in [0.29, 0.717) is 23.4 Å². The molecule has 3 rings (SSSR count). The molecule has 1 aromatic carbocycles. The SMILES string of the molecule is O=C(CN1C(=O)NC2(CCCCCCC2)C1=O)c1cccc(Cl)c1. The average molecular weight is 349 g/mol. The van der Waals surface area contributed by atoms with Gasteiger partial charge in [-0.15, -0.1) is 0 Å². The Labute approximate surface area is 146 Å². The second-order valence-electron chi connectivity index (χ2n) is 6.60. The minimum atomic E-state index is -0.813. The van der Waals surface area contributed by atoms with Gasteiger partial charge in [-0.1, -0.05) is 55.8 Å². The van der Waals surface area contributed by atoms with Crippen molar-refractivity contribution in [2.75, 3.05) is 6.54 Å². The minimum absolute atomic E-state index is 0.243. The van der Waals surface area contributed by atoms with E-state index in [1.807, 2.05) is 0 Å². The van der Waals surface area contributed by atoms with Gasteiger partial charge in [-0.25, -0.2) is 4.79 Å². The number of nitrogens with one attached hydrogen (secondary N) is 1. The molecule has 1 aliphatic heterocycles. The van der Waals surface area contributed by atoms with Crippen LogP contribution in [-0.4, -0.2) is 34.7 Å². The third-order valence-corrected chi connectivity index (χ3v) is 5.14. The summed E-state index contributed by atoms with van der Waals surface area (Å²) in [6.45, 7) is -0.243. The van der Waals surface area contributed by atoms with Crippen LogP contribution in [0.15, 0.2) is 24.3 Å². The Bertz CT molecular complexity index is 666. The number of amides is 3. The van der Waals surface area contributed by atoms with Crippen molar-refractivity contribution in [2.24, 2.45) is 0 Å². The van der Waals surface area contributed by atoms with Crippen molar-refractivity contribution < 1.29 is 14.4 Å². The van der Waals surface area contributed by atoms with Crippen molar-refractivity contribution in [1.82, 2.24) is 10.2 Å². The number of carbonyl (C=O) groups is 3. The zero-order chi connectivity index (χ0) is 17.2. The summed E-state index contributed by atoms with van der Waals surface area (Å²) < 4.78 is 0. The summed E-state index contributed by atoms with van der Waals surface area (Å²) >= 11 is 5.90. The van der Waals surface area contributed by atoms with E-state index in [9.17, 15) is 14.4 Å². The van der Waals surface area contributed by atoms with Crippen LogP contribution in [0, 0.1) is 0 Å². The van der Waals surface area contributed by atoms with Gasteiger partial charge in [0.15, 0.2) is 5.78 Å². The van der Waals surface area contributed by atoms with Crippen molar-refractivity contribution in [3.05, 3.63) is 34.9 Å². The first-order chi connectivity index (χ1) is 11.5. The Hall–Kier alpha value is -1.88. The number of carbonyl (C=O) groups excluding carboxylic acids is 3. The molecule has 5 nitrogen and oxygen atoms in total. The fourth-order valence-corrected chi connectivity index (χ4v) is 3.75. The predicted octanol–water partition coefficient (Wildman–Crippen LogP) is 3.56. The molecular formula is C18H21ClN2O3. The Kier molecular flexibility index (Phi) is 4.90. The van der Waals surface area contributed by atoms with Crippen LogP contribution in [-0.2, 0) is 4.79 Å². The molecule has 3 amide bonds. The molecule has 2 fully saturated rings.